The van der Waals surface area contributed by atoms with E-state index in [1.54, 1.807) is 31.2 Å². The molecule has 0 saturated carbocycles. The Morgan fingerprint density at radius 2 is 1.70 bits per heavy atom. The second-order valence-electron chi connectivity index (χ2n) is 4.63. The van der Waals surface area contributed by atoms with E-state index in [0.29, 0.717) is 17.7 Å². The molecule has 1 atom stereocenters. The number of hydrogen-bond donors (Lipinski definition) is 1. The fourth-order valence-corrected chi connectivity index (χ4v) is 2.18. The summed E-state index contributed by atoms with van der Waals surface area (Å²) in [6.07, 6.45) is 0.414. The lowest BCUT2D eigenvalue weighted by Crippen LogP contribution is -2.18. The predicted octanol–water partition coefficient (Wildman–Crippen LogP) is 4.25. The lowest BCUT2D eigenvalue weighted by atomic mass is 10.1. The van der Waals surface area contributed by atoms with Crippen LogP contribution in [-0.2, 0) is 6.42 Å². The average molecular weight is 389 g/mol. The first-order valence-corrected chi connectivity index (χ1v) is 7.20. The molecule has 20 heavy (non-hydrogen) atoms. The number of rotatable bonds is 4. The van der Waals surface area contributed by atoms with Gasteiger partial charge in [-0.3, -0.25) is 0 Å². The van der Waals surface area contributed by atoms with Gasteiger partial charge in [-0.2, -0.15) is 0 Å². The standard InChI is InChI=1S/C15H14F2INO/c1-9(19)6-10-7-13(16)15(14(17)8-10)20-12-4-2-11(18)3-5-12/h2-5,7-9H,6,19H2,1H3. The average Bonchev–Trinajstić information content (AvgIpc) is 2.35. The number of benzene rings is 2. The van der Waals surface area contributed by atoms with Crippen LogP contribution >= 0.6 is 22.6 Å². The zero-order chi connectivity index (χ0) is 14.7. The molecular formula is C15H14F2INO. The first-order chi connectivity index (χ1) is 9.45. The number of hydrogen-bond acceptors (Lipinski definition) is 2. The Labute approximate surface area is 130 Å². The Kier molecular flexibility index (Phi) is 4.93. The Hall–Kier alpha value is -1.21. The molecule has 2 nitrogen and oxygen atoms in total. The van der Waals surface area contributed by atoms with Crippen molar-refractivity contribution < 1.29 is 13.5 Å². The molecule has 2 aromatic rings. The fourth-order valence-electron chi connectivity index (χ4n) is 1.82. The van der Waals surface area contributed by atoms with Crippen molar-refractivity contribution in [3.8, 4) is 11.5 Å². The maximum Gasteiger partial charge on any atom is 0.198 e. The van der Waals surface area contributed by atoms with Crippen molar-refractivity contribution in [2.45, 2.75) is 19.4 Å². The molecule has 0 radical (unpaired) electrons. The van der Waals surface area contributed by atoms with Crippen LogP contribution in [0.25, 0.3) is 0 Å². The normalized spacial score (nSPS) is 12.2. The Morgan fingerprint density at radius 1 is 1.15 bits per heavy atom. The number of ether oxygens (including phenoxy) is 1. The van der Waals surface area contributed by atoms with E-state index in [2.05, 4.69) is 22.6 Å². The van der Waals surface area contributed by atoms with Crippen molar-refractivity contribution in [2.24, 2.45) is 5.73 Å². The summed E-state index contributed by atoms with van der Waals surface area (Å²) in [7, 11) is 0. The van der Waals surface area contributed by atoms with E-state index >= 15 is 0 Å². The summed E-state index contributed by atoms with van der Waals surface area (Å²) in [6, 6.07) is 9.29. The maximum absolute atomic E-state index is 13.9. The van der Waals surface area contributed by atoms with Gasteiger partial charge < -0.3 is 10.5 Å². The highest BCUT2D eigenvalue weighted by Crippen LogP contribution is 2.29. The first-order valence-electron chi connectivity index (χ1n) is 6.12. The highest BCUT2D eigenvalue weighted by atomic mass is 127. The van der Waals surface area contributed by atoms with E-state index < -0.39 is 11.6 Å². The van der Waals surface area contributed by atoms with Crippen LogP contribution in [0.4, 0.5) is 8.78 Å². The molecule has 0 heterocycles. The van der Waals surface area contributed by atoms with Gasteiger partial charge in [0, 0.05) is 9.61 Å². The molecule has 0 aromatic heterocycles. The SMILES string of the molecule is CC(N)Cc1cc(F)c(Oc2ccc(I)cc2)c(F)c1. The van der Waals surface area contributed by atoms with Crippen LogP contribution in [-0.4, -0.2) is 6.04 Å². The van der Waals surface area contributed by atoms with Gasteiger partial charge in [0.05, 0.1) is 0 Å². The Bertz CT molecular complexity index is 576. The topological polar surface area (TPSA) is 35.2 Å². The summed E-state index contributed by atoms with van der Waals surface area (Å²) in [5.41, 5.74) is 6.14. The lowest BCUT2D eigenvalue weighted by molar-refractivity contribution is 0.406. The molecule has 0 spiro atoms. The summed E-state index contributed by atoms with van der Waals surface area (Å²) in [4.78, 5) is 0. The first kappa shape index (κ1) is 15.2. The minimum Gasteiger partial charge on any atom is -0.451 e. The maximum atomic E-state index is 13.9. The largest absolute Gasteiger partial charge is 0.451 e. The third-order valence-electron chi connectivity index (χ3n) is 2.65. The second kappa shape index (κ2) is 6.49. The molecule has 2 rings (SSSR count). The lowest BCUT2D eigenvalue weighted by Gasteiger charge is -2.11. The van der Waals surface area contributed by atoms with E-state index in [9.17, 15) is 8.78 Å². The minimum atomic E-state index is -0.723. The van der Waals surface area contributed by atoms with Gasteiger partial charge in [0.2, 0.25) is 0 Å². The molecule has 0 bridgehead atoms. The van der Waals surface area contributed by atoms with Gasteiger partial charge in [0.1, 0.15) is 5.75 Å². The van der Waals surface area contributed by atoms with Crippen molar-refractivity contribution in [1.82, 2.24) is 0 Å². The molecule has 0 saturated heterocycles. The summed E-state index contributed by atoms with van der Waals surface area (Å²) in [5.74, 6) is -1.44. The van der Waals surface area contributed by atoms with Gasteiger partial charge in [-0.1, -0.05) is 0 Å². The van der Waals surface area contributed by atoms with Crippen molar-refractivity contribution in [2.75, 3.05) is 0 Å². The zero-order valence-corrected chi connectivity index (χ0v) is 13.0. The molecule has 5 heteroatoms. The highest BCUT2D eigenvalue weighted by molar-refractivity contribution is 14.1. The van der Waals surface area contributed by atoms with Crippen molar-refractivity contribution in [3.05, 3.63) is 57.2 Å². The van der Waals surface area contributed by atoms with Gasteiger partial charge in [-0.05, 0) is 77.9 Å². The van der Waals surface area contributed by atoms with Gasteiger partial charge in [-0.15, -0.1) is 0 Å². The second-order valence-corrected chi connectivity index (χ2v) is 5.87. The zero-order valence-electron chi connectivity index (χ0n) is 10.9. The van der Waals surface area contributed by atoms with Crippen LogP contribution in [0.1, 0.15) is 12.5 Å². The molecule has 0 fully saturated rings. The van der Waals surface area contributed by atoms with Crippen LogP contribution in [0.5, 0.6) is 11.5 Å². The molecule has 106 valence electrons. The molecule has 0 aliphatic heterocycles. The molecule has 0 aliphatic rings. The predicted molar refractivity (Wildman–Crippen MR) is 82.9 cm³/mol. The quantitative estimate of drug-likeness (QED) is 0.794. The van der Waals surface area contributed by atoms with E-state index in [1.165, 1.54) is 12.1 Å². The highest BCUT2D eigenvalue weighted by Gasteiger charge is 2.14. The molecular weight excluding hydrogens is 375 g/mol. The Morgan fingerprint density at radius 3 is 2.20 bits per heavy atom. The van der Waals surface area contributed by atoms with Crippen molar-refractivity contribution in [1.29, 1.82) is 0 Å². The van der Waals surface area contributed by atoms with Gasteiger partial charge in [-0.25, -0.2) is 8.78 Å². The van der Waals surface area contributed by atoms with Gasteiger partial charge in [0.25, 0.3) is 0 Å². The van der Waals surface area contributed by atoms with Crippen molar-refractivity contribution >= 4 is 22.6 Å². The fraction of sp³-hybridized carbons (Fsp3) is 0.200. The van der Waals surface area contributed by atoms with Gasteiger partial charge >= 0.3 is 0 Å². The van der Waals surface area contributed by atoms with Crippen LogP contribution in [0.2, 0.25) is 0 Å². The Balaban J connectivity index is 2.26. The van der Waals surface area contributed by atoms with E-state index in [-0.39, 0.29) is 11.8 Å². The van der Waals surface area contributed by atoms with Crippen LogP contribution in [0.3, 0.4) is 0 Å². The van der Waals surface area contributed by atoms with Gasteiger partial charge in [0.15, 0.2) is 17.4 Å². The monoisotopic (exact) mass is 389 g/mol. The molecule has 0 amide bonds. The van der Waals surface area contributed by atoms with E-state index in [1.807, 2.05) is 0 Å². The summed E-state index contributed by atoms with van der Waals surface area (Å²) in [6.45, 7) is 1.78. The molecule has 1 unspecified atom stereocenters. The molecule has 0 aliphatic carbocycles. The van der Waals surface area contributed by atoms with E-state index in [4.69, 9.17) is 10.5 Å². The summed E-state index contributed by atoms with van der Waals surface area (Å²) < 4.78 is 34.1. The third kappa shape index (κ3) is 3.89. The summed E-state index contributed by atoms with van der Waals surface area (Å²) >= 11 is 2.14. The number of nitrogens with two attached hydrogens (primary N) is 1. The minimum absolute atomic E-state index is 0.156. The van der Waals surface area contributed by atoms with Crippen molar-refractivity contribution in [3.63, 3.8) is 0 Å². The molecule has 2 N–H and O–H groups in total. The summed E-state index contributed by atoms with van der Waals surface area (Å²) in [5, 5.41) is 0. The number of halogens is 3. The van der Waals surface area contributed by atoms with Crippen LogP contribution in [0.15, 0.2) is 36.4 Å². The van der Waals surface area contributed by atoms with Crippen LogP contribution < -0.4 is 10.5 Å². The third-order valence-corrected chi connectivity index (χ3v) is 3.37. The molecule has 2 aromatic carbocycles. The smallest absolute Gasteiger partial charge is 0.198 e. The van der Waals surface area contributed by atoms with E-state index in [0.717, 1.165) is 3.57 Å². The van der Waals surface area contributed by atoms with Crippen LogP contribution in [0, 0.1) is 15.2 Å².